The first-order valence-electron chi connectivity index (χ1n) is 12.3. The number of carbonyl (C=O) groups excluding carboxylic acids is 2. The minimum absolute atomic E-state index is 0.101. The lowest BCUT2D eigenvalue weighted by atomic mass is 9.46. The van der Waals surface area contributed by atoms with Gasteiger partial charge in [0.1, 0.15) is 5.78 Å². The van der Waals surface area contributed by atoms with Crippen LogP contribution < -0.4 is 0 Å². The molecule has 4 heteroatoms. The van der Waals surface area contributed by atoms with Gasteiger partial charge in [-0.15, -0.1) is 0 Å². The van der Waals surface area contributed by atoms with Crippen molar-refractivity contribution in [3.05, 3.63) is 11.6 Å². The van der Waals surface area contributed by atoms with E-state index in [2.05, 4.69) is 13.8 Å². The van der Waals surface area contributed by atoms with E-state index in [1.807, 2.05) is 6.08 Å². The zero-order valence-electron chi connectivity index (χ0n) is 19.0. The smallest absolute Gasteiger partial charge is 0.157 e. The second kappa shape index (κ2) is 7.55. The molecule has 0 amide bonds. The van der Waals surface area contributed by atoms with Crippen LogP contribution in [0.15, 0.2) is 11.6 Å². The van der Waals surface area contributed by atoms with Crippen LogP contribution >= 0.6 is 0 Å². The highest BCUT2D eigenvalue weighted by molar-refractivity contribution is 5.91. The van der Waals surface area contributed by atoms with Crippen LogP contribution in [-0.2, 0) is 19.1 Å². The Kier molecular flexibility index (Phi) is 5.25. The van der Waals surface area contributed by atoms with Crippen LogP contribution in [0.5, 0.6) is 0 Å². The molecular weight excluding hydrogens is 376 g/mol. The van der Waals surface area contributed by atoms with Crippen molar-refractivity contribution in [2.45, 2.75) is 97.4 Å². The molecule has 5 rings (SSSR count). The van der Waals surface area contributed by atoms with Gasteiger partial charge in [0.05, 0.1) is 6.10 Å². The van der Waals surface area contributed by atoms with Gasteiger partial charge in [-0.05, 0) is 99.4 Å². The van der Waals surface area contributed by atoms with E-state index in [1.54, 1.807) is 6.92 Å². The van der Waals surface area contributed by atoms with Gasteiger partial charge in [0.2, 0.25) is 0 Å². The maximum Gasteiger partial charge on any atom is 0.157 e. The predicted molar refractivity (Wildman–Crippen MR) is 115 cm³/mol. The summed E-state index contributed by atoms with van der Waals surface area (Å²) in [6.45, 7) is 7.39. The minimum Gasteiger partial charge on any atom is -0.353 e. The molecule has 4 fully saturated rings. The summed E-state index contributed by atoms with van der Waals surface area (Å²) >= 11 is 0. The van der Waals surface area contributed by atoms with Gasteiger partial charge in [0.15, 0.2) is 12.1 Å². The zero-order valence-corrected chi connectivity index (χ0v) is 19.0. The fourth-order valence-corrected chi connectivity index (χ4v) is 8.32. The summed E-state index contributed by atoms with van der Waals surface area (Å²) in [6, 6.07) is 0. The van der Waals surface area contributed by atoms with Gasteiger partial charge in [-0.1, -0.05) is 19.4 Å². The highest BCUT2D eigenvalue weighted by Gasteiger charge is 2.62. The quantitative estimate of drug-likeness (QED) is 0.633. The predicted octanol–water partition coefficient (Wildman–Crippen LogP) is 5.25. The monoisotopic (exact) mass is 414 g/mol. The lowest BCUT2D eigenvalue weighted by Crippen LogP contribution is -2.57. The summed E-state index contributed by atoms with van der Waals surface area (Å²) in [7, 11) is 0. The van der Waals surface area contributed by atoms with Crippen molar-refractivity contribution in [3.8, 4) is 0 Å². The molecule has 1 heterocycles. The standard InChI is InChI=1S/C26H38O4/c1-16(27)19-7-8-20-24-21(10-12-26(19,20)3)25(2)11-9-18(28)14-17(25)15-22(24)30-23-6-4-5-13-29-23/h14,19-24H,4-13,15H2,1-3H3. The van der Waals surface area contributed by atoms with E-state index < -0.39 is 0 Å². The molecule has 8 atom stereocenters. The Balaban J connectivity index is 1.51. The molecule has 8 unspecified atom stereocenters. The van der Waals surface area contributed by atoms with Crippen molar-refractivity contribution in [2.75, 3.05) is 6.61 Å². The Bertz CT molecular complexity index is 750. The fourth-order valence-electron chi connectivity index (χ4n) is 8.32. The van der Waals surface area contributed by atoms with Crippen LogP contribution in [0.4, 0.5) is 0 Å². The Morgan fingerprint density at radius 1 is 1.10 bits per heavy atom. The SMILES string of the molecule is CC(=O)C1CCC2C3C(OC4CCCCO4)CC4=CC(=O)CCC4(C)C3CCC12C. The van der Waals surface area contributed by atoms with Crippen LogP contribution in [0.1, 0.15) is 85.0 Å². The topological polar surface area (TPSA) is 52.6 Å². The Morgan fingerprint density at radius 3 is 2.67 bits per heavy atom. The molecule has 4 aliphatic carbocycles. The molecule has 30 heavy (non-hydrogen) atoms. The van der Waals surface area contributed by atoms with Crippen LogP contribution in [0.2, 0.25) is 0 Å². The maximum atomic E-state index is 12.5. The van der Waals surface area contributed by atoms with E-state index >= 15 is 0 Å². The fraction of sp³-hybridized carbons (Fsp3) is 0.846. The number of ketones is 2. The Labute approximate surface area is 181 Å². The van der Waals surface area contributed by atoms with Gasteiger partial charge in [-0.3, -0.25) is 9.59 Å². The second-order valence-electron chi connectivity index (χ2n) is 11.3. The highest BCUT2D eigenvalue weighted by atomic mass is 16.7. The highest BCUT2D eigenvalue weighted by Crippen LogP contribution is 2.67. The summed E-state index contributed by atoms with van der Waals surface area (Å²) in [5, 5.41) is 0. The molecule has 3 saturated carbocycles. The van der Waals surface area contributed by atoms with Crippen molar-refractivity contribution >= 4 is 11.6 Å². The Morgan fingerprint density at radius 2 is 1.93 bits per heavy atom. The van der Waals surface area contributed by atoms with Crippen molar-refractivity contribution in [1.29, 1.82) is 0 Å². The van der Waals surface area contributed by atoms with Crippen molar-refractivity contribution in [1.82, 2.24) is 0 Å². The lowest BCUT2D eigenvalue weighted by Gasteiger charge is -2.60. The average molecular weight is 415 g/mol. The van der Waals surface area contributed by atoms with E-state index in [0.717, 1.165) is 64.4 Å². The number of carbonyl (C=O) groups is 2. The molecule has 5 aliphatic rings. The number of Topliss-reactive ketones (excluding diaryl/α,β-unsaturated/α-hetero) is 1. The summed E-state index contributed by atoms with van der Waals surface area (Å²) in [6.07, 6.45) is 12.2. The summed E-state index contributed by atoms with van der Waals surface area (Å²) in [5.41, 5.74) is 1.54. The molecule has 0 N–H and O–H groups in total. The van der Waals surface area contributed by atoms with Crippen LogP contribution in [0.3, 0.4) is 0 Å². The molecule has 0 aromatic carbocycles. The van der Waals surface area contributed by atoms with Gasteiger partial charge >= 0.3 is 0 Å². The second-order valence-corrected chi connectivity index (χ2v) is 11.3. The molecule has 166 valence electrons. The van der Waals surface area contributed by atoms with Crippen molar-refractivity contribution in [3.63, 3.8) is 0 Å². The average Bonchev–Trinajstić information content (AvgIpc) is 3.07. The third kappa shape index (κ3) is 3.16. The molecular formula is C26H38O4. The van der Waals surface area contributed by atoms with E-state index in [9.17, 15) is 9.59 Å². The molecule has 1 aliphatic heterocycles. The van der Waals surface area contributed by atoms with E-state index in [4.69, 9.17) is 9.47 Å². The van der Waals surface area contributed by atoms with Crippen molar-refractivity contribution < 1.29 is 19.1 Å². The molecule has 1 saturated heterocycles. The molecule has 0 radical (unpaired) electrons. The lowest BCUT2D eigenvalue weighted by molar-refractivity contribution is -0.227. The maximum absolute atomic E-state index is 12.5. The third-order valence-corrected chi connectivity index (χ3v) is 9.92. The van der Waals surface area contributed by atoms with Crippen LogP contribution in [0.25, 0.3) is 0 Å². The number of hydrogen-bond acceptors (Lipinski definition) is 4. The Hall–Kier alpha value is -1.00. The molecule has 0 aromatic rings. The molecule has 0 aromatic heterocycles. The van der Waals surface area contributed by atoms with Crippen molar-refractivity contribution in [2.24, 2.45) is 34.5 Å². The van der Waals surface area contributed by atoms with Gasteiger partial charge in [0, 0.05) is 18.9 Å². The van der Waals surface area contributed by atoms with Gasteiger partial charge in [-0.2, -0.15) is 0 Å². The van der Waals surface area contributed by atoms with E-state index in [0.29, 0.717) is 30.0 Å². The number of ether oxygens (including phenoxy) is 2. The van der Waals surface area contributed by atoms with Gasteiger partial charge in [0.25, 0.3) is 0 Å². The largest absolute Gasteiger partial charge is 0.353 e. The minimum atomic E-state index is -0.105. The first-order valence-corrected chi connectivity index (χ1v) is 12.3. The number of fused-ring (bicyclic) bond motifs is 5. The molecule has 0 spiro atoms. The van der Waals surface area contributed by atoms with E-state index in [-0.39, 0.29) is 34.9 Å². The summed E-state index contributed by atoms with van der Waals surface area (Å²) in [5.74, 6) is 2.41. The van der Waals surface area contributed by atoms with Gasteiger partial charge in [-0.25, -0.2) is 0 Å². The summed E-state index contributed by atoms with van der Waals surface area (Å²) < 4.78 is 12.7. The van der Waals surface area contributed by atoms with E-state index in [1.165, 1.54) is 5.57 Å². The van der Waals surface area contributed by atoms with Crippen LogP contribution in [0, 0.1) is 34.5 Å². The normalized spacial score (nSPS) is 48.4. The molecule has 4 nitrogen and oxygen atoms in total. The van der Waals surface area contributed by atoms with Crippen LogP contribution in [-0.4, -0.2) is 30.6 Å². The first-order chi connectivity index (χ1) is 14.3. The molecule has 0 bridgehead atoms. The van der Waals surface area contributed by atoms with Gasteiger partial charge < -0.3 is 9.47 Å². The number of rotatable bonds is 3. The number of hydrogen-bond donors (Lipinski definition) is 0. The first kappa shape index (κ1) is 20.9. The third-order valence-electron chi connectivity index (χ3n) is 9.92. The zero-order chi connectivity index (χ0) is 21.1. The summed E-state index contributed by atoms with van der Waals surface area (Å²) in [4.78, 5) is 24.8.